The first-order valence-electron chi connectivity index (χ1n) is 10.5. The second kappa shape index (κ2) is 10.1. The van der Waals surface area contributed by atoms with E-state index in [1.807, 2.05) is 57.3 Å². The van der Waals surface area contributed by atoms with Gasteiger partial charge in [0.25, 0.3) is 0 Å². The van der Waals surface area contributed by atoms with Crippen LogP contribution < -0.4 is 14.8 Å². The Morgan fingerprint density at radius 1 is 1.16 bits per heavy atom. The molecule has 0 spiro atoms. The van der Waals surface area contributed by atoms with Crippen LogP contribution >= 0.6 is 11.3 Å². The molecule has 32 heavy (non-hydrogen) atoms. The molecule has 0 saturated carbocycles. The maximum Gasteiger partial charge on any atom is 0.318 e. The molecule has 0 radical (unpaired) electrons. The Bertz CT molecular complexity index is 980. The number of benzene rings is 1. The fourth-order valence-electron chi connectivity index (χ4n) is 3.27. The summed E-state index contributed by atoms with van der Waals surface area (Å²) in [7, 11) is 0. The highest BCUT2D eigenvalue weighted by atomic mass is 32.1. The molecule has 172 valence electrons. The minimum absolute atomic E-state index is 0.0388. The van der Waals surface area contributed by atoms with Crippen LogP contribution in [0.4, 0.5) is 4.79 Å². The number of thiophene rings is 1. The number of fused-ring (bicyclic) bond motifs is 1. The van der Waals surface area contributed by atoms with Gasteiger partial charge < -0.3 is 24.6 Å². The van der Waals surface area contributed by atoms with Crippen LogP contribution in [0, 0.1) is 6.92 Å². The Kier molecular flexibility index (Phi) is 7.45. The number of aryl methyl sites for hydroxylation is 1. The van der Waals surface area contributed by atoms with Crippen molar-refractivity contribution in [3.8, 4) is 11.5 Å². The minimum atomic E-state index is -0.403. The van der Waals surface area contributed by atoms with E-state index in [9.17, 15) is 9.59 Å². The smallest absolute Gasteiger partial charge is 0.318 e. The molecule has 3 amide bonds. The summed E-state index contributed by atoms with van der Waals surface area (Å²) < 4.78 is 10.9. The van der Waals surface area contributed by atoms with E-state index in [2.05, 4.69) is 11.9 Å². The van der Waals surface area contributed by atoms with Crippen LogP contribution in [-0.2, 0) is 17.9 Å². The van der Waals surface area contributed by atoms with Crippen molar-refractivity contribution in [3.05, 3.63) is 58.3 Å². The molecule has 0 atom stereocenters. The number of hydrogen-bond acceptors (Lipinski definition) is 5. The zero-order valence-corrected chi connectivity index (χ0v) is 20.0. The minimum Gasteiger partial charge on any atom is -0.454 e. The van der Waals surface area contributed by atoms with Crippen LogP contribution in [-0.4, -0.2) is 47.2 Å². The standard InChI is InChI=1S/C24H31N3O4S/c1-6-10-26(23(29)25-24(3,4)5)15-22(28)27(14-21-17(2)9-11-32-21)13-18-7-8-19-20(12-18)31-16-30-19/h6-9,11-12H,1,10,13-16H2,2-5H3,(H,25,29). The lowest BCUT2D eigenvalue weighted by Gasteiger charge is -2.30. The largest absolute Gasteiger partial charge is 0.454 e. The molecule has 7 nitrogen and oxygen atoms in total. The van der Waals surface area contributed by atoms with Crippen LogP contribution in [0.15, 0.2) is 42.3 Å². The topological polar surface area (TPSA) is 71.1 Å². The molecule has 1 aromatic carbocycles. The van der Waals surface area contributed by atoms with Crippen LogP contribution in [0.2, 0.25) is 0 Å². The predicted molar refractivity (Wildman–Crippen MR) is 126 cm³/mol. The van der Waals surface area contributed by atoms with E-state index >= 15 is 0 Å². The average molecular weight is 458 g/mol. The van der Waals surface area contributed by atoms with Crippen molar-refractivity contribution in [3.63, 3.8) is 0 Å². The van der Waals surface area contributed by atoms with Crippen molar-refractivity contribution in [2.24, 2.45) is 0 Å². The van der Waals surface area contributed by atoms with E-state index in [1.54, 1.807) is 22.3 Å². The second-order valence-corrected chi connectivity index (χ2v) is 9.81. The lowest BCUT2D eigenvalue weighted by atomic mass is 10.1. The summed E-state index contributed by atoms with van der Waals surface area (Å²) >= 11 is 1.62. The monoisotopic (exact) mass is 457 g/mol. The highest BCUT2D eigenvalue weighted by Gasteiger charge is 2.25. The number of ether oxygens (including phenoxy) is 2. The van der Waals surface area contributed by atoms with E-state index in [1.165, 1.54) is 4.90 Å². The molecule has 2 aromatic rings. The number of urea groups is 1. The van der Waals surface area contributed by atoms with Gasteiger partial charge >= 0.3 is 6.03 Å². The van der Waals surface area contributed by atoms with Crippen LogP contribution in [0.1, 0.15) is 36.8 Å². The molecule has 0 saturated heterocycles. The van der Waals surface area contributed by atoms with E-state index in [4.69, 9.17) is 9.47 Å². The highest BCUT2D eigenvalue weighted by molar-refractivity contribution is 7.10. The quantitative estimate of drug-likeness (QED) is 0.600. The summed E-state index contributed by atoms with van der Waals surface area (Å²) in [5.74, 6) is 1.25. The first kappa shape index (κ1) is 23.7. The zero-order chi connectivity index (χ0) is 23.3. The van der Waals surface area contributed by atoms with Crippen molar-refractivity contribution < 1.29 is 19.1 Å². The Hall–Kier alpha value is -3.00. The normalized spacial score (nSPS) is 12.4. The predicted octanol–water partition coefficient (Wildman–Crippen LogP) is 4.31. The maximum absolute atomic E-state index is 13.4. The van der Waals surface area contributed by atoms with Gasteiger partial charge in [-0.15, -0.1) is 17.9 Å². The van der Waals surface area contributed by atoms with Gasteiger partial charge in [0.15, 0.2) is 11.5 Å². The van der Waals surface area contributed by atoms with Crippen LogP contribution in [0.3, 0.4) is 0 Å². The van der Waals surface area contributed by atoms with E-state index in [0.717, 1.165) is 16.0 Å². The van der Waals surface area contributed by atoms with E-state index < -0.39 is 5.54 Å². The summed E-state index contributed by atoms with van der Waals surface area (Å²) in [5, 5.41) is 4.94. The van der Waals surface area contributed by atoms with Crippen molar-refractivity contribution in [1.82, 2.24) is 15.1 Å². The fraction of sp³-hybridized carbons (Fsp3) is 0.417. The number of nitrogens with zero attached hydrogens (tertiary/aromatic N) is 2. The van der Waals surface area contributed by atoms with Gasteiger partial charge in [-0.1, -0.05) is 12.1 Å². The van der Waals surface area contributed by atoms with Gasteiger partial charge in [-0.2, -0.15) is 0 Å². The second-order valence-electron chi connectivity index (χ2n) is 8.81. The number of amides is 3. The summed E-state index contributed by atoms with van der Waals surface area (Å²) in [4.78, 5) is 30.5. The molecule has 1 aliphatic rings. The Balaban J connectivity index is 1.79. The molecule has 0 aliphatic carbocycles. The molecular formula is C24H31N3O4S. The molecule has 0 bridgehead atoms. The Labute approximate surface area is 193 Å². The van der Waals surface area contributed by atoms with E-state index in [-0.39, 0.29) is 31.8 Å². The average Bonchev–Trinajstić information content (AvgIpc) is 3.34. The van der Waals surface area contributed by atoms with Crippen LogP contribution in [0.25, 0.3) is 0 Å². The molecule has 0 unspecified atom stereocenters. The lowest BCUT2D eigenvalue weighted by molar-refractivity contribution is -0.133. The van der Waals surface area contributed by atoms with Crippen LogP contribution in [0.5, 0.6) is 11.5 Å². The Morgan fingerprint density at radius 2 is 1.91 bits per heavy atom. The molecule has 0 fully saturated rings. The molecule has 3 rings (SSSR count). The summed E-state index contributed by atoms with van der Waals surface area (Å²) in [6.45, 7) is 12.8. The third kappa shape index (κ3) is 6.26. The molecule has 1 aliphatic heterocycles. The van der Waals surface area contributed by atoms with Crippen molar-refractivity contribution in [2.75, 3.05) is 19.9 Å². The zero-order valence-electron chi connectivity index (χ0n) is 19.1. The molecule has 8 heteroatoms. The molecular weight excluding hydrogens is 426 g/mol. The number of carbonyl (C=O) groups excluding carboxylic acids is 2. The van der Waals surface area contributed by atoms with Crippen molar-refractivity contribution >= 4 is 23.3 Å². The third-order valence-corrected chi connectivity index (χ3v) is 5.92. The van der Waals surface area contributed by atoms with Crippen molar-refractivity contribution in [2.45, 2.75) is 46.3 Å². The first-order chi connectivity index (χ1) is 15.2. The summed E-state index contributed by atoms with van der Waals surface area (Å²) in [6.07, 6.45) is 1.63. The third-order valence-electron chi connectivity index (χ3n) is 4.91. The molecule has 1 N–H and O–H groups in total. The number of rotatable bonds is 8. The van der Waals surface area contributed by atoms with Gasteiger partial charge in [0.1, 0.15) is 6.54 Å². The molecule has 2 heterocycles. The fourth-order valence-corrected chi connectivity index (χ4v) is 4.19. The molecule has 1 aromatic heterocycles. The van der Waals surface area contributed by atoms with Gasteiger partial charge in [-0.05, 0) is 62.4 Å². The highest BCUT2D eigenvalue weighted by Crippen LogP contribution is 2.33. The van der Waals surface area contributed by atoms with Gasteiger partial charge in [-0.3, -0.25) is 4.79 Å². The number of carbonyl (C=O) groups is 2. The number of hydrogen-bond donors (Lipinski definition) is 1. The summed E-state index contributed by atoms with van der Waals surface area (Å²) in [5.41, 5.74) is 1.68. The van der Waals surface area contributed by atoms with Gasteiger partial charge in [0.2, 0.25) is 12.7 Å². The van der Waals surface area contributed by atoms with Gasteiger partial charge in [0.05, 0.1) is 6.54 Å². The summed E-state index contributed by atoms with van der Waals surface area (Å²) in [6, 6.07) is 7.45. The number of nitrogens with one attached hydrogen (secondary N) is 1. The van der Waals surface area contributed by atoms with Crippen molar-refractivity contribution in [1.29, 1.82) is 0 Å². The van der Waals surface area contributed by atoms with Gasteiger partial charge in [-0.25, -0.2) is 4.79 Å². The lowest BCUT2D eigenvalue weighted by Crippen LogP contribution is -2.51. The first-order valence-corrected chi connectivity index (χ1v) is 11.4. The maximum atomic E-state index is 13.4. The van der Waals surface area contributed by atoms with Gasteiger partial charge in [0, 0.05) is 23.5 Å². The SMILES string of the molecule is C=CCN(CC(=O)N(Cc1ccc2c(c1)OCO2)Cc1sccc1C)C(=O)NC(C)(C)C. The Morgan fingerprint density at radius 3 is 2.56 bits per heavy atom. The van der Waals surface area contributed by atoms with E-state index in [0.29, 0.717) is 24.6 Å².